The highest BCUT2D eigenvalue weighted by Crippen LogP contribution is 2.36. The van der Waals surface area contributed by atoms with Crippen LogP contribution in [0.3, 0.4) is 0 Å². The fraction of sp³-hybridized carbons (Fsp3) is 1.00. The molecule has 1 heterocycles. The minimum atomic E-state index is 0.395. The molecule has 3 heteroatoms. The van der Waals surface area contributed by atoms with Crippen LogP contribution in [-0.4, -0.2) is 43.6 Å². The Hall–Kier alpha value is 0.210. The highest BCUT2D eigenvalue weighted by Gasteiger charge is 2.37. The summed E-state index contributed by atoms with van der Waals surface area (Å²) in [4.78, 5) is 2.48. The second kappa shape index (κ2) is 5.51. The van der Waals surface area contributed by atoms with Gasteiger partial charge in [-0.15, -0.1) is 11.6 Å². The summed E-state index contributed by atoms with van der Waals surface area (Å²) in [5, 5.41) is 0. The molecule has 90 valence electrons. The van der Waals surface area contributed by atoms with E-state index in [0.29, 0.717) is 11.5 Å². The molecule has 0 aromatic heterocycles. The van der Waals surface area contributed by atoms with E-state index >= 15 is 0 Å². The number of halogens is 1. The third-order valence-corrected chi connectivity index (χ3v) is 3.87. The van der Waals surface area contributed by atoms with Crippen molar-refractivity contribution in [1.29, 1.82) is 0 Å². The number of likely N-dealkylation sites (tertiary alicyclic amines) is 1. The van der Waals surface area contributed by atoms with Gasteiger partial charge in [0.2, 0.25) is 0 Å². The van der Waals surface area contributed by atoms with E-state index in [4.69, 9.17) is 16.3 Å². The number of methoxy groups -OCH3 is 1. The lowest BCUT2D eigenvalue weighted by atomic mass is 9.79. The van der Waals surface area contributed by atoms with Gasteiger partial charge >= 0.3 is 0 Å². The predicted octanol–water partition coefficient (Wildman–Crippen LogP) is 2.61. The van der Waals surface area contributed by atoms with Crippen LogP contribution in [0.4, 0.5) is 0 Å². The molecule has 0 spiro atoms. The van der Waals surface area contributed by atoms with Crippen molar-refractivity contribution in [1.82, 2.24) is 4.90 Å². The van der Waals surface area contributed by atoms with Gasteiger partial charge in [-0.2, -0.15) is 0 Å². The predicted molar refractivity (Wildman–Crippen MR) is 65.5 cm³/mol. The molecule has 2 nitrogen and oxygen atoms in total. The summed E-state index contributed by atoms with van der Waals surface area (Å²) in [6, 6.07) is 0.547. The first-order valence-corrected chi connectivity index (χ1v) is 6.31. The van der Waals surface area contributed by atoms with Crippen LogP contribution in [0.5, 0.6) is 0 Å². The number of rotatable bonds is 4. The van der Waals surface area contributed by atoms with Crippen LogP contribution < -0.4 is 0 Å². The van der Waals surface area contributed by atoms with Crippen molar-refractivity contribution in [3.63, 3.8) is 0 Å². The van der Waals surface area contributed by atoms with Gasteiger partial charge in [-0.05, 0) is 17.8 Å². The first kappa shape index (κ1) is 13.3. The third kappa shape index (κ3) is 3.61. The number of alkyl halides is 1. The van der Waals surface area contributed by atoms with Crippen LogP contribution >= 0.6 is 11.6 Å². The lowest BCUT2D eigenvalue weighted by molar-refractivity contribution is 0.139. The lowest BCUT2D eigenvalue weighted by Crippen LogP contribution is -2.34. The first-order valence-electron chi connectivity index (χ1n) is 5.78. The average Bonchev–Trinajstić information content (AvgIpc) is 2.57. The first-order chi connectivity index (χ1) is 6.99. The Morgan fingerprint density at radius 3 is 2.53 bits per heavy atom. The molecule has 0 N–H and O–H groups in total. The molecule has 1 aliphatic rings. The molecular formula is C12H24ClNO. The maximum atomic E-state index is 6.01. The molecule has 0 amide bonds. The Labute approximate surface area is 98.9 Å². The van der Waals surface area contributed by atoms with Gasteiger partial charge in [-0.1, -0.05) is 20.8 Å². The zero-order chi connectivity index (χ0) is 11.5. The molecular weight excluding hydrogens is 210 g/mol. The number of hydrogen-bond donors (Lipinski definition) is 0. The van der Waals surface area contributed by atoms with Crippen molar-refractivity contribution in [2.75, 3.05) is 32.7 Å². The topological polar surface area (TPSA) is 12.5 Å². The Kier molecular flexibility index (Phi) is 4.88. The van der Waals surface area contributed by atoms with E-state index < -0.39 is 0 Å². The Balaban J connectivity index is 2.51. The van der Waals surface area contributed by atoms with E-state index in [9.17, 15) is 0 Å². The molecule has 0 unspecified atom stereocenters. The molecule has 0 radical (unpaired) electrons. The van der Waals surface area contributed by atoms with E-state index in [1.165, 1.54) is 13.0 Å². The molecule has 0 aromatic carbocycles. The summed E-state index contributed by atoms with van der Waals surface area (Å²) in [5.41, 5.74) is 0.395. The van der Waals surface area contributed by atoms with Gasteiger partial charge in [0.1, 0.15) is 0 Å². The molecule has 1 saturated heterocycles. The number of nitrogens with zero attached hydrogens (tertiary/aromatic N) is 1. The molecule has 0 aliphatic carbocycles. The molecule has 0 aromatic rings. The van der Waals surface area contributed by atoms with Crippen LogP contribution in [0.2, 0.25) is 0 Å². The Bertz CT molecular complexity index is 191. The van der Waals surface area contributed by atoms with Gasteiger partial charge < -0.3 is 4.74 Å². The van der Waals surface area contributed by atoms with E-state index in [2.05, 4.69) is 25.7 Å². The van der Waals surface area contributed by atoms with Crippen molar-refractivity contribution in [2.45, 2.75) is 33.2 Å². The quantitative estimate of drug-likeness (QED) is 0.693. The summed E-state index contributed by atoms with van der Waals surface area (Å²) in [5.74, 6) is 1.51. The second-order valence-electron chi connectivity index (χ2n) is 5.59. The second-order valence-corrected chi connectivity index (χ2v) is 5.90. The monoisotopic (exact) mass is 233 g/mol. The molecule has 1 fully saturated rings. The normalized spacial score (nSPS) is 28.6. The van der Waals surface area contributed by atoms with Crippen molar-refractivity contribution in [2.24, 2.45) is 11.3 Å². The van der Waals surface area contributed by atoms with Gasteiger partial charge in [-0.3, -0.25) is 4.90 Å². The standard InChI is InChI=1S/C12H24ClNO/c1-12(2,3)10-7-11(8-13)14(9-10)5-6-15-4/h10-11H,5-9H2,1-4H3/t10-,11+/m0/s1. The third-order valence-electron chi connectivity index (χ3n) is 3.51. The molecule has 0 saturated carbocycles. The van der Waals surface area contributed by atoms with Crippen molar-refractivity contribution in [3.8, 4) is 0 Å². The van der Waals surface area contributed by atoms with Crippen LogP contribution in [0, 0.1) is 11.3 Å². The molecule has 2 atom stereocenters. The van der Waals surface area contributed by atoms with Crippen molar-refractivity contribution >= 4 is 11.6 Å². The Morgan fingerprint density at radius 1 is 1.40 bits per heavy atom. The average molecular weight is 234 g/mol. The van der Waals surface area contributed by atoms with E-state index in [1.807, 2.05) is 0 Å². The van der Waals surface area contributed by atoms with E-state index in [-0.39, 0.29) is 0 Å². The lowest BCUT2D eigenvalue weighted by Gasteiger charge is -2.27. The molecule has 15 heavy (non-hydrogen) atoms. The van der Waals surface area contributed by atoms with Crippen LogP contribution in [0.1, 0.15) is 27.2 Å². The zero-order valence-corrected chi connectivity index (χ0v) is 11.2. The van der Waals surface area contributed by atoms with Gasteiger partial charge in [-0.25, -0.2) is 0 Å². The highest BCUT2D eigenvalue weighted by molar-refractivity contribution is 6.18. The number of ether oxygens (including phenoxy) is 1. The van der Waals surface area contributed by atoms with Crippen LogP contribution in [0.25, 0.3) is 0 Å². The minimum absolute atomic E-state index is 0.395. The van der Waals surface area contributed by atoms with Crippen LogP contribution in [-0.2, 0) is 4.74 Å². The van der Waals surface area contributed by atoms with Crippen molar-refractivity contribution < 1.29 is 4.74 Å². The van der Waals surface area contributed by atoms with Crippen molar-refractivity contribution in [3.05, 3.63) is 0 Å². The van der Waals surface area contributed by atoms with Gasteiger partial charge in [0.15, 0.2) is 0 Å². The van der Waals surface area contributed by atoms with Gasteiger partial charge in [0.25, 0.3) is 0 Å². The van der Waals surface area contributed by atoms with Gasteiger partial charge in [0, 0.05) is 32.1 Å². The summed E-state index contributed by atoms with van der Waals surface area (Å²) in [7, 11) is 1.76. The highest BCUT2D eigenvalue weighted by atomic mass is 35.5. The molecule has 1 aliphatic heterocycles. The fourth-order valence-electron chi connectivity index (χ4n) is 2.25. The van der Waals surface area contributed by atoms with Gasteiger partial charge in [0.05, 0.1) is 6.61 Å². The Morgan fingerprint density at radius 2 is 2.07 bits per heavy atom. The molecule has 0 bridgehead atoms. The maximum absolute atomic E-state index is 6.01. The summed E-state index contributed by atoms with van der Waals surface area (Å²) in [6.45, 7) is 9.96. The summed E-state index contributed by atoms with van der Waals surface area (Å²) >= 11 is 6.01. The summed E-state index contributed by atoms with van der Waals surface area (Å²) < 4.78 is 5.13. The summed E-state index contributed by atoms with van der Waals surface area (Å²) in [6.07, 6.45) is 1.23. The van der Waals surface area contributed by atoms with E-state index in [1.54, 1.807) is 7.11 Å². The largest absolute Gasteiger partial charge is 0.383 e. The maximum Gasteiger partial charge on any atom is 0.0589 e. The molecule has 1 rings (SSSR count). The van der Waals surface area contributed by atoms with Crippen LogP contribution in [0.15, 0.2) is 0 Å². The fourth-order valence-corrected chi connectivity index (χ4v) is 2.58. The van der Waals surface area contributed by atoms with E-state index in [0.717, 1.165) is 24.9 Å². The zero-order valence-electron chi connectivity index (χ0n) is 10.4. The minimum Gasteiger partial charge on any atom is -0.383 e. The number of hydrogen-bond acceptors (Lipinski definition) is 2. The SMILES string of the molecule is COCCN1C[C@@H](C(C)(C)C)C[C@@H]1CCl. The smallest absolute Gasteiger partial charge is 0.0589 e.